The maximum absolute atomic E-state index is 5.54. The van der Waals surface area contributed by atoms with E-state index in [9.17, 15) is 0 Å². The number of hydrogen-bond acceptors (Lipinski definition) is 3. The second-order valence-corrected chi connectivity index (χ2v) is 5.15. The summed E-state index contributed by atoms with van der Waals surface area (Å²) in [5.41, 5.74) is 9.24. The topological polar surface area (TPSA) is 38.9 Å². The van der Waals surface area contributed by atoms with Crippen molar-refractivity contribution in [2.45, 2.75) is 30.3 Å². The van der Waals surface area contributed by atoms with E-state index in [2.05, 4.69) is 37.0 Å². The molecule has 2 N–H and O–H groups in total. The molecule has 0 fully saturated rings. The third-order valence-electron chi connectivity index (χ3n) is 2.73. The normalized spacial score (nSPS) is 10.5. The van der Waals surface area contributed by atoms with Gasteiger partial charge >= 0.3 is 0 Å². The molecule has 0 saturated heterocycles. The van der Waals surface area contributed by atoms with E-state index in [4.69, 9.17) is 5.73 Å². The summed E-state index contributed by atoms with van der Waals surface area (Å²) in [5, 5.41) is 1.01. The van der Waals surface area contributed by atoms with Crippen LogP contribution in [0.4, 0.5) is 0 Å². The van der Waals surface area contributed by atoms with E-state index in [1.807, 2.05) is 18.3 Å². The smallest absolute Gasteiger partial charge is 0.101 e. The Morgan fingerprint density at radius 3 is 2.53 bits per heavy atom. The highest BCUT2D eigenvalue weighted by molar-refractivity contribution is 7.99. The molecular weight excluding hydrogens is 228 g/mol. The lowest BCUT2D eigenvalue weighted by Crippen LogP contribution is -1.96. The molecule has 0 bridgehead atoms. The van der Waals surface area contributed by atoms with Gasteiger partial charge in [0.2, 0.25) is 0 Å². The fourth-order valence-corrected chi connectivity index (χ4v) is 2.34. The van der Waals surface area contributed by atoms with Gasteiger partial charge in [-0.25, -0.2) is 4.98 Å². The maximum atomic E-state index is 5.54. The fourth-order valence-electron chi connectivity index (χ4n) is 1.49. The molecule has 2 rings (SSSR count). The lowest BCUT2D eigenvalue weighted by molar-refractivity contribution is 1.01. The van der Waals surface area contributed by atoms with Gasteiger partial charge in [-0.3, -0.25) is 0 Å². The van der Waals surface area contributed by atoms with Crippen molar-refractivity contribution in [2.24, 2.45) is 5.73 Å². The number of hydrogen-bond donors (Lipinski definition) is 1. The Hall–Kier alpha value is -1.32. The molecule has 3 heteroatoms. The van der Waals surface area contributed by atoms with Gasteiger partial charge in [0.1, 0.15) is 5.03 Å². The van der Waals surface area contributed by atoms with E-state index in [-0.39, 0.29) is 0 Å². The SMILES string of the molecule is Cc1ccc(Sc2ccc(CN)cn2)cc1C. The molecular formula is C14H16N2S. The Morgan fingerprint density at radius 2 is 1.94 bits per heavy atom. The van der Waals surface area contributed by atoms with E-state index in [0.29, 0.717) is 6.54 Å². The zero-order chi connectivity index (χ0) is 12.3. The van der Waals surface area contributed by atoms with E-state index < -0.39 is 0 Å². The molecule has 0 unspecified atom stereocenters. The molecule has 0 amide bonds. The van der Waals surface area contributed by atoms with Gasteiger partial charge in [0.05, 0.1) is 0 Å². The number of aromatic nitrogens is 1. The van der Waals surface area contributed by atoms with Crippen molar-refractivity contribution in [1.82, 2.24) is 4.98 Å². The Kier molecular flexibility index (Phi) is 3.82. The number of rotatable bonds is 3. The van der Waals surface area contributed by atoms with E-state index in [0.717, 1.165) is 10.6 Å². The van der Waals surface area contributed by atoms with Crippen LogP contribution in [0.15, 0.2) is 46.5 Å². The van der Waals surface area contributed by atoms with Crippen molar-refractivity contribution in [3.8, 4) is 0 Å². The van der Waals surface area contributed by atoms with Crippen LogP contribution in [0.25, 0.3) is 0 Å². The zero-order valence-electron chi connectivity index (χ0n) is 10.1. The monoisotopic (exact) mass is 244 g/mol. The van der Waals surface area contributed by atoms with Crippen LogP contribution in [0.5, 0.6) is 0 Å². The molecule has 0 aliphatic heterocycles. The minimum absolute atomic E-state index is 0.543. The highest BCUT2D eigenvalue weighted by atomic mass is 32.2. The van der Waals surface area contributed by atoms with Gasteiger partial charge in [0, 0.05) is 17.6 Å². The number of aryl methyl sites for hydroxylation is 2. The molecule has 2 nitrogen and oxygen atoms in total. The summed E-state index contributed by atoms with van der Waals surface area (Å²) >= 11 is 1.68. The van der Waals surface area contributed by atoms with Crippen LogP contribution in [0, 0.1) is 13.8 Å². The summed E-state index contributed by atoms with van der Waals surface area (Å²) in [6.45, 7) is 4.80. The molecule has 1 aromatic carbocycles. The van der Waals surface area contributed by atoms with Crippen LogP contribution in [0.3, 0.4) is 0 Å². The fraction of sp³-hybridized carbons (Fsp3) is 0.214. The standard InChI is InChI=1S/C14H16N2S/c1-10-3-5-13(7-11(10)2)17-14-6-4-12(8-15)9-16-14/h3-7,9H,8,15H2,1-2H3. The highest BCUT2D eigenvalue weighted by Gasteiger charge is 2.00. The molecule has 1 heterocycles. The first-order valence-corrected chi connectivity index (χ1v) is 6.41. The van der Waals surface area contributed by atoms with Gasteiger partial charge in [0.15, 0.2) is 0 Å². The molecule has 2 aromatic rings. The lowest BCUT2D eigenvalue weighted by atomic mass is 10.1. The Bertz CT molecular complexity index is 506. The van der Waals surface area contributed by atoms with E-state index in [1.54, 1.807) is 11.8 Å². The molecule has 17 heavy (non-hydrogen) atoms. The van der Waals surface area contributed by atoms with Gasteiger partial charge in [-0.05, 0) is 48.7 Å². The molecule has 0 aliphatic rings. The first-order chi connectivity index (χ1) is 8.19. The quantitative estimate of drug-likeness (QED) is 0.900. The third kappa shape index (κ3) is 3.08. The zero-order valence-corrected chi connectivity index (χ0v) is 10.9. The van der Waals surface area contributed by atoms with Gasteiger partial charge in [-0.1, -0.05) is 23.9 Å². The summed E-state index contributed by atoms with van der Waals surface area (Å²) in [7, 11) is 0. The summed E-state index contributed by atoms with van der Waals surface area (Å²) in [5.74, 6) is 0. The molecule has 0 spiro atoms. The summed E-state index contributed by atoms with van der Waals surface area (Å²) < 4.78 is 0. The van der Waals surface area contributed by atoms with Crippen molar-refractivity contribution in [1.29, 1.82) is 0 Å². The number of nitrogens with zero attached hydrogens (tertiary/aromatic N) is 1. The summed E-state index contributed by atoms with van der Waals surface area (Å²) in [6, 6.07) is 10.5. The first kappa shape index (κ1) is 12.1. The van der Waals surface area contributed by atoms with Crippen molar-refractivity contribution >= 4 is 11.8 Å². The van der Waals surface area contributed by atoms with Gasteiger partial charge in [-0.2, -0.15) is 0 Å². The number of benzene rings is 1. The Balaban J connectivity index is 2.16. The second kappa shape index (κ2) is 5.34. The molecule has 1 aromatic heterocycles. The van der Waals surface area contributed by atoms with Gasteiger partial charge < -0.3 is 5.73 Å². The maximum Gasteiger partial charge on any atom is 0.101 e. The minimum Gasteiger partial charge on any atom is -0.326 e. The van der Waals surface area contributed by atoms with Crippen molar-refractivity contribution in [2.75, 3.05) is 0 Å². The van der Waals surface area contributed by atoms with E-state index in [1.165, 1.54) is 16.0 Å². The van der Waals surface area contributed by atoms with Crippen LogP contribution < -0.4 is 5.73 Å². The largest absolute Gasteiger partial charge is 0.326 e. The Morgan fingerprint density at radius 1 is 1.12 bits per heavy atom. The number of nitrogens with two attached hydrogens (primary N) is 1. The van der Waals surface area contributed by atoms with Crippen LogP contribution >= 0.6 is 11.8 Å². The van der Waals surface area contributed by atoms with Crippen molar-refractivity contribution < 1.29 is 0 Å². The van der Waals surface area contributed by atoms with Crippen LogP contribution in [0.2, 0.25) is 0 Å². The molecule has 0 aliphatic carbocycles. The van der Waals surface area contributed by atoms with Gasteiger partial charge in [0.25, 0.3) is 0 Å². The first-order valence-electron chi connectivity index (χ1n) is 5.59. The van der Waals surface area contributed by atoms with Crippen molar-refractivity contribution in [3.63, 3.8) is 0 Å². The van der Waals surface area contributed by atoms with Crippen LogP contribution in [-0.2, 0) is 6.54 Å². The predicted molar refractivity (Wildman–Crippen MR) is 72.2 cm³/mol. The summed E-state index contributed by atoms with van der Waals surface area (Å²) in [4.78, 5) is 5.60. The number of pyridine rings is 1. The third-order valence-corrected chi connectivity index (χ3v) is 3.67. The lowest BCUT2D eigenvalue weighted by Gasteiger charge is -2.05. The van der Waals surface area contributed by atoms with Crippen LogP contribution in [-0.4, -0.2) is 4.98 Å². The van der Waals surface area contributed by atoms with Crippen LogP contribution in [0.1, 0.15) is 16.7 Å². The summed E-state index contributed by atoms with van der Waals surface area (Å²) in [6.07, 6.45) is 1.84. The molecule has 0 atom stereocenters. The molecule has 88 valence electrons. The second-order valence-electron chi connectivity index (χ2n) is 4.06. The molecule has 0 saturated carbocycles. The average molecular weight is 244 g/mol. The van der Waals surface area contributed by atoms with Gasteiger partial charge in [-0.15, -0.1) is 0 Å². The predicted octanol–water partition coefficient (Wildman–Crippen LogP) is 3.31. The molecule has 0 radical (unpaired) electrons. The van der Waals surface area contributed by atoms with Crippen molar-refractivity contribution in [3.05, 3.63) is 53.2 Å². The average Bonchev–Trinajstić information content (AvgIpc) is 2.35. The minimum atomic E-state index is 0.543. The van der Waals surface area contributed by atoms with E-state index >= 15 is 0 Å². The Labute approximate surface area is 106 Å². The highest BCUT2D eigenvalue weighted by Crippen LogP contribution is 2.27.